The molecule has 2 amide bonds. The lowest BCUT2D eigenvalue weighted by Crippen LogP contribution is -2.68. The average molecular weight is 716 g/mol. The minimum atomic E-state index is -1.13. The number of hydrogen-bond donors (Lipinski definition) is 6. The van der Waals surface area contributed by atoms with Crippen LogP contribution in [-0.2, 0) is 20.8 Å². The van der Waals surface area contributed by atoms with Crippen LogP contribution < -0.4 is 10.6 Å². The van der Waals surface area contributed by atoms with E-state index in [1.54, 1.807) is 6.20 Å². The minimum Gasteiger partial charge on any atom is -0.480 e. The molecule has 9 heteroatoms. The van der Waals surface area contributed by atoms with Crippen molar-refractivity contribution in [2.75, 3.05) is 13.2 Å². The van der Waals surface area contributed by atoms with Crippen molar-refractivity contribution in [3.8, 4) is 0 Å². The number of rotatable bonds is 9. The van der Waals surface area contributed by atoms with E-state index in [1.807, 2.05) is 24.3 Å². The molecule has 5 saturated carbocycles. The number of fused-ring (bicyclic) bond motifs is 8. The van der Waals surface area contributed by atoms with Gasteiger partial charge in [0.05, 0.1) is 24.7 Å². The molecule has 0 spiro atoms. The van der Waals surface area contributed by atoms with E-state index in [0.29, 0.717) is 11.8 Å². The molecule has 0 saturated heterocycles. The van der Waals surface area contributed by atoms with Crippen LogP contribution in [0.5, 0.6) is 0 Å². The molecule has 0 radical (unpaired) electrons. The molecule has 7 rings (SSSR count). The fourth-order valence-electron chi connectivity index (χ4n) is 13.9. The molecule has 5 fully saturated rings. The molecule has 9 nitrogen and oxygen atoms in total. The molecular formula is C43H61N3O6. The summed E-state index contributed by atoms with van der Waals surface area (Å²) < 4.78 is 0. The number of aromatic nitrogens is 1. The smallest absolute Gasteiger partial charge is 0.326 e. The largest absolute Gasteiger partial charge is 0.480 e. The number of aliphatic hydroxyl groups excluding tert-OH is 2. The Hall–Kier alpha value is -3.17. The van der Waals surface area contributed by atoms with Gasteiger partial charge in [0.25, 0.3) is 0 Å². The third-order valence-electron chi connectivity index (χ3n) is 16.8. The van der Waals surface area contributed by atoms with E-state index < -0.39 is 34.9 Å². The Labute approximate surface area is 308 Å². The van der Waals surface area contributed by atoms with Crippen molar-refractivity contribution >= 4 is 28.7 Å². The van der Waals surface area contributed by atoms with E-state index in [4.69, 9.17) is 0 Å². The summed E-state index contributed by atoms with van der Waals surface area (Å²) in [5.41, 5.74) is 1.86. The lowest BCUT2D eigenvalue weighted by Gasteiger charge is -2.73. The molecular weight excluding hydrogens is 654 g/mol. The fraction of sp³-hybridized carbons (Fsp3) is 0.698. The maximum absolute atomic E-state index is 14.5. The number of carbonyl (C=O) groups is 3. The topological polar surface area (TPSA) is 152 Å². The first kappa shape index (κ1) is 37.2. The third-order valence-corrected chi connectivity index (χ3v) is 16.8. The molecule has 2 aromatic rings. The summed E-state index contributed by atoms with van der Waals surface area (Å²) in [5.74, 6) is -0.279. The zero-order chi connectivity index (χ0) is 37.4. The molecule has 1 heterocycles. The van der Waals surface area contributed by atoms with Crippen LogP contribution in [0.3, 0.4) is 0 Å². The summed E-state index contributed by atoms with van der Waals surface area (Å²) in [7, 11) is 0. The number of H-pyrrole nitrogens is 1. The van der Waals surface area contributed by atoms with Crippen molar-refractivity contribution in [1.82, 2.24) is 15.6 Å². The monoisotopic (exact) mass is 715 g/mol. The van der Waals surface area contributed by atoms with Gasteiger partial charge in [-0.1, -0.05) is 58.0 Å². The van der Waals surface area contributed by atoms with Crippen LogP contribution in [0.2, 0.25) is 0 Å². The second kappa shape index (κ2) is 13.0. The number of para-hydroxylation sites is 1. The summed E-state index contributed by atoms with van der Waals surface area (Å²) in [5, 5.41) is 38.3. The maximum Gasteiger partial charge on any atom is 0.326 e. The van der Waals surface area contributed by atoms with Crippen LogP contribution in [-0.4, -0.2) is 63.4 Å². The number of hydrogen-bond acceptors (Lipinski definition) is 5. The number of benzene rings is 1. The van der Waals surface area contributed by atoms with Gasteiger partial charge in [-0.3, -0.25) is 9.59 Å². The molecule has 12 atom stereocenters. The van der Waals surface area contributed by atoms with Gasteiger partial charge < -0.3 is 30.9 Å². The highest BCUT2D eigenvalue weighted by atomic mass is 16.4. The fourth-order valence-corrected chi connectivity index (χ4v) is 13.9. The summed E-state index contributed by atoms with van der Waals surface area (Å²) >= 11 is 0. The second-order valence-corrected chi connectivity index (χ2v) is 18.8. The van der Waals surface area contributed by atoms with Gasteiger partial charge in [0.2, 0.25) is 11.8 Å². The standard InChI is InChI=1S/C43H61N3O6/c1-25(2)27-13-18-43(38(52)45-23-35(49)46-31(37(50)51)21-26-22-44-30-10-8-7-9-28(26)30)20-19-41(5)29(36(27)43)11-12-33-39(3)16-15-34(48)40(4,24-47)32(39)14-17-42(33,41)6/h7-10,22,27,29,31-34,36,44,47-48H,1,11-21,23-24H2,2-6H3,(H,45,52)(H,46,49)(H,50,51)/t27-,29+,31-,32+,33+,34-,36+,39-,40-,41+,42+,43-/m0/s1. The van der Waals surface area contributed by atoms with Crippen molar-refractivity contribution in [3.63, 3.8) is 0 Å². The molecule has 0 unspecified atom stereocenters. The summed E-state index contributed by atoms with van der Waals surface area (Å²) in [6.45, 7) is 15.9. The quantitative estimate of drug-likeness (QED) is 0.166. The van der Waals surface area contributed by atoms with Crippen molar-refractivity contribution in [3.05, 3.63) is 48.2 Å². The van der Waals surface area contributed by atoms with Crippen LogP contribution in [0, 0.1) is 56.7 Å². The Balaban J connectivity index is 1.10. The van der Waals surface area contributed by atoms with Crippen molar-refractivity contribution in [1.29, 1.82) is 0 Å². The van der Waals surface area contributed by atoms with Crippen molar-refractivity contribution in [2.45, 2.75) is 117 Å². The van der Waals surface area contributed by atoms with Gasteiger partial charge in [0, 0.05) is 28.9 Å². The van der Waals surface area contributed by atoms with Crippen LogP contribution in [0.25, 0.3) is 10.9 Å². The van der Waals surface area contributed by atoms with E-state index in [-0.39, 0.29) is 59.5 Å². The number of allylic oxidation sites excluding steroid dienone is 1. The lowest BCUT2D eigenvalue weighted by atomic mass is 9.32. The predicted molar refractivity (Wildman–Crippen MR) is 201 cm³/mol. The van der Waals surface area contributed by atoms with Gasteiger partial charge in [0.15, 0.2) is 0 Å². The molecule has 5 aliphatic carbocycles. The number of carboxylic acids is 1. The van der Waals surface area contributed by atoms with Gasteiger partial charge in [-0.15, -0.1) is 0 Å². The highest BCUT2D eigenvalue weighted by Gasteiger charge is 2.72. The molecule has 1 aromatic carbocycles. The van der Waals surface area contributed by atoms with Gasteiger partial charge in [0.1, 0.15) is 6.04 Å². The average Bonchev–Trinajstić information content (AvgIpc) is 3.71. The van der Waals surface area contributed by atoms with Crippen LogP contribution in [0.1, 0.15) is 104 Å². The number of aliphatic hydroxyl groups is 2. The first-order chi connectivity index (χ1) is 24.6. The van der Waals surface area contributed by atoms with Gasteiger partial charge in [-0.2, -0.15) is 0 Å². The third kappa shape index (κ3) is 5.33. The molecule has 5 aliphatic rings. The Bertz CT molecular complexity index is 1750. The number of carbonyl (C=O) groups excluding carboxylic acids is 2. The van der Waals surface area contributed by atoms with E-state index >= 15 is 0 Å². The number of nitrogens with one attached hydrogen (secondary N) is 3. The van der Waals surface area contributed by atoms with E-state index in [2.05, 4.69) is 56.8 Å². The highest BCUT2D eigenvalue weighted by Crippen LogP contribution is 2.77. The summed E-state index contributed by atoms with van der Waals surface area (Å²) in [6.07, 6.45) is 10.7. The van der Waals surface area contributed by atoms with Crippen molar-refractivity contribution in [2.24, 2.45) is 56.7 Å². The number of carboxylic acid groups (broad SMARTS) is 1. The Morgan fingerprint density at radius 3 is 2.40 bits per heavy atom. The number of amides is 2. The van der Waals surface area contributed by atoms with Crippen LogP contribution in [0.15, 0.2) is 42.6 Å². The summed E-state index contributed by atoms with van der Waals surface area (Å²) in [4.78, 5) is 43.2. The van der Waals surface area contributed by atoms with Gasteiger partial charge in [-0.05, 0) is 129 Å². The predicted octanol–water partition coefficient (Wildman–Crippen LogP) is 6.39. The Morgan fingerprint density at radius 1 is 0.942 bits per heavy atom. The normalized spacial score (nSPS) is 41.5. The van der Waals surface area contributed by atoms with Crippen LogP contribution in [0.4, 0.5) is 0 Å². The lowest BCUT2D eigenvalue weighted by molar-refractivity contribution is -0.252. The van der Waals surface area contributed by atoms with Gasteiger partial charge in [-0.25, -0.2) is 4.79 Å². The molecule has 0 aliphatic heterocycles. The second-order valence-electron chi connectivity index (χ2n) is 18.8. The van der Waals surface area contributed by atoms with E-state index in [0.717, 1.165) is 86.2 Å². The molecule has 6 N–H and O–H groups in total. The SMILES string of the molecule is C=C(C)[C@@H]1CC[C@]2(C(=O)NCC(=O)N[C@@H](Cc3c[nH]c4ccccc34)C(=O)O)CC[C@]3(C)[C@H](CC[C@@H]4[C@@]5(C)CC[C@H](O)[C@@](C)(CO)[C@@H]5CC[C@]43C)[C@@H]12. The first-order valence-corrected chi connectivity index (χ1v) is 19.9. The Kier molecular flexibility index (Phi) is 9.29. The first-order valence-electron chi connectivity index (χ1n) is 19.9. The minimum absolute atomic E-state index is 0.0105. The van der Waals surface area contributed by atoms with Crippen molar-refractivity contribution < 1.29 is 29.7 Å². The highest BCUT2D eigenvalue weighted by molar-refractivity contribution is 5.91. The zero-order valence-corrected chi connectivity index (χ0v) is 31.9. The molecule has 284 valence electrons. The van der Waals surface area contributed by atoms with Gasteiger partial charge >= 0.3 is 5.97 Å². The van der Waals surface area contributed by atoms with E-state index in [9.17, 15) is 29.7 Å². The molecule has 1 aromatic heterocycles. The number of aliphatic carboxylic acids is 1. The zero-order valence-electron chi connectivity index (χ0n) is 31.9. The summed E-state index contributed by atoms with van der Waals surface area (Å²) in [6, 6.07) is 6.55. The van der Waals surface area contributed by atoms with Crippen LogP contribution >= 0.6 is 0 Å². The number of aromatic amines is 1. The maximum atomic E-state index is 14.5. The Morgan fingerprint density at radius 2 is 1.69 bits per heavy atom. The van der Waals surface area contributed by atoms with E-state index in [1.165, 1.54) is 0 Å². The molecule has 0 bridgehead atoms. The molecule has 52 heavy (non-hydrogen) atoms.